The van der Waals surface area contributed by atoms with E-state index in [0.29, 0.717) is 22.7 Å². The molecular formula is C21H27N3O4S2. The number of benzene rings is 1. The van der Waals surface area contributed by atoms with Gasteiger partial charge in [-0.2, -0.15) is 4.31 Å². The van der Waals surface area contributed by atoms with E-state index in [2.05, 4.69) is 10.6 Å². The molecule has 1 aromatic heterocycles. The maximum atomic E-state index is 12.9. The topological polar surface area (TPSA) is 95.6 Å². The van der Waals surface area contributed by atoms with Gasteiger partial charge in [-0.25, -0.2) is 8.42 Å². The molecule has 1 aliphatic rings. The van der Waals surface area contributed by atoms with Crippen molar-refractivity contribution in [2.45, 2.75) is 51.0 Å². The highest BCUT2D eigenvalue weighted by molar-refractivity contribution is 7.89. The molecule has 2 N–H and O–H groups in total. The molecule has 1 aliphatic heterocycles. The van der Waals surface area contributed by atoms with E-state index in [9.17, 15) is 18.0 Å². The lowest BCUT2D eigenvalue weighted by molar-refractivity contribution is 0.0963. The smallest absolute Gasteiger partial charge is 0.256 e. The molecule has 1 aromatic carbocycles. The quantitative estimate of drug-likeness (QED) is 0.730. The largest absolute Gasteiger partial charge is 0.355 e. The highest BCUT2D eigenvalue weighted by atomic mass is 32.2. The summed E-state index contributed by atoms with van der Waals surface area (Å²) in [6.07, 6.45) is 2.75. The minimum Gasteiger partial charge on any atom is -0.355 e. The van der Waals surface area contributed by atoms with Crippen LogP contribution in [-0.2, 0) is 10.0 Å². The fourth-order valence-corrected chi connectivity index (χ4v) is 6.38. The van der Waals surface area contributed by atoms with Crippen molar-refractivity contribution in [3.63, 3.8) is 0 Å². The average Bonchev–Trinajstić information content (AvgIpc) is 3.00. The third-order valence-electron chi connectivity index (χ3n) is 5.53. The molecule has 2 heterocycles. The minimum atomic E-state index is -3.59. The van der Waals surface area contributed by atoms with Gasteiger partial charge < -0.3 is 10.6 Å². The number of anilines is 1. The maximum absolute atomic E-state index is 12.9. The van der Waals surface area contributed by atoms with Gasteiger partial charge in [0, 0.05) is 30.1 Å². The molecule has 7 nitrogen and oxygen atoms in total. The lowest BCUT2D eigenvalue weighted by atomic mass is 10.1. The lowest BCUT2D eigenvalue weighted by Crippen LogP contribution is -2.41. The van der Waals surface area contributed by atoms with Gasteiger partial charge in [0.2, 0.25) is 10.0 Å². The SMILES string of the molecule is CNC(=O)c1c(NC(=O)c2ccc(S(=O)(=O)N3CCCCC3C)cc2)sc(C)c1C. The van der Waals surface area contributed by atoms with Crippen molar-refractivity contribution in [1.29, 1.82) is 0 Å². The Morgan fingerprint density at radius 3 is 2.37 bits per heavy atom. The fourth-order valence-electron chi connectivity index (χ4n) is 3.63. The third kappa shape index (κ3) is 4.28. The number of carbonyl (C=O) groups excluding carboxylic acids is 2. The summed E-state index contributed by atoms with van der Waals surface area (Å²) in [5, 5.41) is 5.86. The van der Waals surface area contributed by atoms with Crippen molar-refractivity contribution in [3.8, 4) is 0 Å². The second-order valence-corrected chi connectivity index (χ2v) is 10.6. The molecule has 0 saturated carbocycles. The highest BCUT2D eigenvalue weighted by Crippen LogP contribution is 2.33. The summed E-state index contributed by atoms with van der Waals surface area (Å²) in [4.78, 5) is 26.0. The van der Waals surface area contributed by atoms with Crippen LogP contribution in [0.4, 0.5) is 5.00 Å². The zero-order chi connectivity index (χ0) is 22.1. The Kier molecular flexibility index (Phi) is 6.64. The average molecular weight is 450 g/mol. The minimum absolute atomic E-state index is 0.0276. The van der Waals surface area contributed by atoms with Gasteiger partial charge in [0.15, 0.2) is 0 Å². The number of aryl methyl sites for hydroxylation is 1. The summed E-state index contributed by atoms with van der Waals surface area (Å²) in [5.41, 5.74) is 1.60. The Labute approximate surface area is 181 Å². The van der Waals surface area contributed by atoms with Crippen molar-refractivity contribution >= 4 is 38.2 Å². The number of sulfonamides is 1. The number of amides is 2. The molecular weight excluding hydrogens is 422 g/mol. The predicted molar refractivity (Wildman–Crippen MR) is 119 cm³/mol. The van der Waals surface area contributed by atoms with Gasteiger partial charge in [-0.05, 0) is 63.4 Å². The fraction of sp³-hybridized carbons (Fsp3) is 0.429. The van der Waals surface area contributed by atoms with Gasteiger partial charge in [-0.3, -0.25) is 9.59 Å². The van der Waals surface area contributed by atoms with Crippen LogP contribution in [0, 0.1) is 13.8 Å². The first-order chi connectivity index (χ1) is 14.2. The van der Waals surface area contributed by atoms with E-state index in [4.69, 9.17) is 0 Å². The zero-order valence-electron chi connectivity index (χ0n) is 17.6. The van der Waals surface area contributed by atoms with Gasteiger partial charge in [-0.15, -0.1) is 11.3 Å². The number of nitrogens with zero attached hydrogens (tertiary/aromatic N) is 1. The number of thiophene rings is 1. The zero-order valence-corrected chi connectivity index (χ0v) is 19.2. The summed E-state index contributed by atoms with van der Waals surface area (Å²) in [6.45, 7) is 6.18. The maximum Gasteiger partial charge on any atom is 0.256 e. The standard InChI is InChI=1S/C21H27N3O4S2/c1-13-7-5-6-12-24(13)30(27,28)17-10-8-16(9-11-17)19(25)23-21-18(20(26)22-4)14(2)15(3)29-21/h8-11,13H,5-7,12H2,1-4H3,(H,22,26)(H,23,25). The molecule has 0 bridgehead atoms. The van der Waals surface area contributed by atoms with Gasteiger partial charge >= 0.3 is 0 Å². The summed E-state index contributed by atoms with van der Waals surface area (Å²) < 4.78 is 27.4. The molecule has 1 atom stereocenters. The number of piperidine rings is 1. The Bertz CT molecular complexity index is 1060. The molecule has 3 rings (SSSR count). The first-order valence-corrected chi connectivity index (χ1v) is 12.2. The molecule has 162 valence electrons. The van der Waals surface area contributed by atoms with Crippen molar-refractivity contribution < 1.29 is 18.0 Å². The van der Waals surface area contributed by atoms with Crippen LogP contribution >= 0.6 is 11.3 Å². The summed E-state index contributed by atoms with van der Waals surface area (Å²) in [5.74, 6) is -0.652. The Balaban J connectivity index is 1.81. The van der Waals surface area contributed by atoms with Crippen molar-refractivity contribution in [3.05, 3.63) is 45.8 Å². The number of hydrogen-bond acceptors (Lipinski definition) is 5. The van der Waals surface area contributed by atoms with E-state index in [1.165, 1.54) is 35.6 Å². The summed E-state index contributed by atoms with van der Waals surface area (Å²) in [6, 6.07) is 5.92. The van der Waals surface area contributed by atoms with E-state index < -0.39 is 15.9 Å². The first-order valence-electron chi connectivity index (χ1n) is 9.92. The van der Waals surface area contributed by atoms with Crippen molar-refractivity contribution in [2.75, 3.05) is 18.9 Å². The molecule has 1 fully saturated rings. The van der Waals surface area contributed by atoms with Crippen LogP contribution in [0.2, 0.25) is 0 Å². The van der Waals surface area contributed by atoms with Crippen LogP contribution < -0.4 is 10.6 Å². The number of hydrogen-bond donors (Lipinski definition) is 2. The van der Waals surface area contributed by atoms with E-state index in [0.717, 1.165) is 29.7 Å². The van der Waals surface area contributed by atoms with E-state index in [1.807, 2.05) is 20.8 Å². The first kappa shape index (κ1) is 22.5. The van der Waals surface area contributed by atoms with Crippen LogP contribution in [0.1, 0.15) is 57.3 Å². The van der Waals surface area contributed by atoms with E-state index in [1.54, 1.807) is 11.4 Å². The monoisotopic (exact) mass is 449 g/mol. The lowest BCUT2D eigenvalue weighted by Gasteiger charge is -2.32. The van der Waals surface area contributed by atoms with Crippen LogP contribution in [-0.4, -0.2) is 44.2 Å². The summed E-state index contributed by atoms with van der Waals surface area (Å²) >= 11 is 1.34. The van der Waals surface area contributed by atoms with E-state index >= 15 is 0 Å². The molecule has 0 spiro atoms. The molecule has 2 aromatic rings. The van der Waals surface area contributed by atoms with Crippen LogP contribution in [0.15, 0.2) is 29.2 Å². The number of rotatable bonds is 5. The Morgan fingerprint density at radius 2 is 1.77 bits per heavy atom. The number of nitrogens with one attached hydrogen (secondary N) is 2. The normalized spacial score (nSPS) is 17.5. The predicted octanol–water partition coefficient (Wildman–Crippen LogP) is 3.54. The van der Waals surface area contributed by atoms with Gasteiger partial charge in [0.05, 0.1) is 10.5 Å². The molecule has 2 amide bonds. The number of carbonyl (C=O) groups is 2. The third-order valence-corrected chi connectivity index (χ3v) is 8.68. The molecule has 0 radical (unpaired) electrons. The Hall–Kier alpha value is -2.23. The van der Waals surface area contributed by atoms with Gasteiger partial charge in [0.25, 0.3) is 11.8 Å². The Morgan fingerprint density at radius 1 is 1.10 bits per heavy atom. The highest BCUT2D eigenvalue weighted by Gasteiger charge is 2.31. The molecule has 9 heteroatoms. The van der Waals surface area contributed by atoms with Crippen LogP contribution in [0.3, 0.4) is 0 Å². The van der Waals surface area contributed by atoms with Crippen molar-refractivity contribution in [1.82, 2.24) is 9.62 Å². The summed E-state index contributed by atoms with van der Waals surface area (Å²) in [7, 11) is -2.04. The van der Waals surface area contributed by atoms with Gasteiger partial charge in [-0.1, -0.05) is 6.42 Å². The van der Waals surface area contributed by atoms with Crippen LogP contribution in [0.5, 0.6) is 0 Å². The molecule has 1 saturated heterocycles. The second-order valence-electron chi connectivity index (χ2n) is 7.51. The van der Waals surface area contributed by atoms with E-state index in [-0.39, 0.29) is 16.8 Å². The molecule has 30 heavy (non-hydrogen) atoms. The second kappa shape index (κ2) is 8.87. The molecule has 0 aliphatic carbocycles. The van der Waals surface area contributed by atoms with Gasteiger partial charge in [0.1, 0.15) is 5.00 Å². The van der Waals surface area contributed by atoms with Crippen molar-refractivity contribution in [2.24, 2.45) is 0 Å². The molecule has 1 unspecified atom stereocenters. The van der Waals surface area contributed by atoms with Crippen LogP contribution in [0.25, 0.3) is 0 Å².